The molecule has 1 aromatic rings. The predicted octanol–water partition coefficient (Wildman–Crippen LogP) is 4.80. The molecule has 0 aliphatic carbocycles. The molecule has 6 nitrogen and oxygen atoms in total. The first-order chi connectivity index (χ1) is 15.2. The first-order valence-electron chi connectivity index (χ1n) is 11.9. The van der Waals surface area contributed by atoms with E-state index in [-0.39, 0.29) is 5.91 Å². The second kappa shape index (κ2) is 17.8. The Labute approximate surface area is 189 Å². The van der Waals surface area contributed by atoms with Crippen LogP contribution in [0.5, 0.6) is 11.5 Å². The average molecular weight is 437 g/mol. The van der Waals surface area contributed by atoms with Gasteiger partial charge in [0.25, 0.3) is 0 Å². The predicted molar refractivity (Wildman–Crippen MR) is 127 cm³/mol. The van der Waals surface area contributed by atoms with Crippen molar-refractivity contribution in [2.45, 2.75) is 77.0 Å². The minimum Gasteiger partial charge on any atom is -0.490 e. The zero-order chi connectivity index (χ0) is 22.7. The molecule has 0 aromatic heterocycles. The van der Waals surface area contributed by atoms with Gasteiger partial charge in [-0.25, -0.2) is 0 Å². The largest absolute Gasteiger partial charge is 0.490 e. The number of carbonyl (C=O) groups is 1. The lowest BCUT2D eigenvalue weighted by atomic mass is 9.90. The zero-order valence-electron chi connectivity index (χ0n) is 19.9. The molecule has 0 radical (unpaired) electrons. The van der Waals surface area contributed by atoms with E-state index < -0.39 is 0 Å². The van der Waals surface area contributed by atoms with Gasteiger partial charge in [-0.1, -0.05) is 32.3 Å². The molecule has 1 unspecified atom stereocenters. The number of hydrogen-bond acceptors (Lipinski definition) is 5. The molecule has 1 amide bonds. The van der Waals surface area contributed by atoms with Crippen LogP contribution in [0.2, 0.25) is 0 Å². The normalized spacial score (nSPS) is 11.9. The quantitative estimate of drug-likeness (QED) is 0.304. The van der Waals surface area contributed by atoms with Crippen molar-refractivity contribution >= 4 is 5.91 Å². The van der Waals surface area contributed by atoms with Crippen molar-refractivity contribution in [3.8, 4) is 11.5 Å². The molecule has 1 aromatic carbocycles. The number of amides is 1. The molecule has 1 atom stereocenters. The lowest BCUT2D eigenvalue weighted by Crippen LogP contribution is -2.16. The smallest absolute Gasteiger partial charge is 0.219 e. The molecular formula is C25H44N2O4. The van der Waals surface area contributed by atoms with Gasteiger partial charge in [0.2, 0.25) is 5.91 Å². The van der Waals surface area contributed by atoms with Gasteiger partial charge in [0.1, 0.15) is 0 Å². The number of hydrogen-bond donors (Lipinski definition) is 2. The molecule has 178 valence electrons. The first-order valence-corrected chi connectivity index (χ1v) is 11.9. The molecule has 0 heterocycles. The van der Waals surface area contributed by atoms with Gasteiger partial charge < -0.3 is 25.3 Å². The van der Waals surface area contributed by atoms with Crippen LogP contribution in [0.25, 0.3) is 0 Å². The highest BCUT2D eigenvalue weighted by Crippen LogP contribution is 2.34. The SMILES string of the molecule is CCC(CCCCCCC(=O)NC)c1ccc(OCCCCN)c(OCCCOC)c1. The molecule has 0 saturated heterocycles. The zero-order valence-corrected chi connectivity index (χ0v) is 19.9. The standard InChI is InChI=1S/C25H44N2O4/c1-4-21(12-7-5-6-8-13-25(28)27-2)22-14-15-23(30-18-10-9-16-26)24(20-22)31-19-11-17-29-3/h14-15,20-21H,4-13,16-19,26H2,1-3H3,(H,27,28). The molecule has 0 aliphatic rings. The third-order valence-electron chi connectivity index (χ3n) is 5.52. The fourth-order valence-electron chi connectivity index (χ4n) is 3.59. The van der Waals surface area contributed by atoms with Gasteiger partial charge in [-0.15, -0.1) is 0 Å². The van der Waals surface area contributed by atoms with Crippen molar-refractivity contribution < 1.29 is 19.0 Å². The Balaban J connectivity index is 2.63. The molecular weight excluding hydrogens is 392 g/mol. The molecule has 6 heteroatoms. The summed E-state index contributed by atoms with van der Waals surface area (Å²) in [6, 6.07) is 6.39. The van der Waals surface area contributed by atoms with E-state index in [4.69, 9.17) is 19.9 Å². The van der Waals surface area contributed by atoms with Crippen LogP contribution in [-0.4, -0.2) is 46.4 Å². The van der Waals surface area contributed by atoms with Gasteiger partial charge in [-0.2, -0.15) is 0 Å². The number of nitrogens with two attached hydrogens (primary N) is 1. The van der Waals surface area contributed by atoms with E-state index in [1.807, 2.05) is 0 Å². The van der Waals surface area contributed by atoms with Crippen LogP contribution in [0.15, 0.2) is 18.2 Å². The summed E-state index contributed by atoms with van der Waals surface area (Å²) in [7, 11) is 3.40. The molecule has 0 fully saturated rings. The highest BCUT2D eigenvalue weighted by molar-refractivity contribution is 5.75. The molecule has 0 aliphatic heterocycles. The lowest BCUT2D eigenvalue weighted by molar-refractivity contribution is -0.120. The van der Waals surface area contributed by atoms with Crippen LogP contribution < -0.4 is 20.5 Å². The first kappa shape index (κ1) is 27.2. The van der Waals surface area contributed by atoms with E-state index in [1.165, 1.54) is 12.0 Å². The number of carbonyl (C=O) groups excluding carboxylic acids is 1. The van der Waals surface area contributed by atoms with E-state index in [9.17, 15) is 4.79 Å². The number of methoxy groups -OCH3 is 1. The summed E-state index contributed by atoms with van der Waals surface area (Å²) < 4.78 is 17.2. The van der Waals surface area contributed by atoms with Gasteiger partial charge in [0.05, 0.1) is 13.2 Å². The maximum atomic E-state index is 11.3. The minimum absolute atomic E-state index is 0.134. The Hall–Kier alpha value is -1.79. The second-order valence-electron chi connectivity index (χ2n) is 7.98. The summed E-state index contributed by atoms with van der Waals surface area (Å²) in [5.74, 6) is 2.27. The maximum Gasteiger partial charge on any atom is 0.219 e. The van der Waals surface area contributed by atoms with Gasteiger partial charge in [0, 0.05) is 33.6 Å². The molecule has 1 rings (SSSR count). The average Bonchev–Trinajstić information content (AvgIpc) is 2.79. The number of nitrogens with one attached hydrogen (secondary N) is 1. The molecule has 0 spiro atoms. The van der Waals surface area contributed by atoms with Gasteiger partial charge >= 0.3 is 0 Å². The Bertz CT molecular complexity index is 595. The Morgan fingerprint density at radius 1 is 0.968 bits per heavy atom. The van der Waals surface area contributed by atoms with Crippen LogP contribution >= 0.6 is 0 Å². The Morgan fingerprint density at radius 2 is 1.71 bits per heavy atom. The monoisotopic (exact) mass is 436 g/mol. The summed E-state index contributed by atoms with van der Waals surface area (Å²) in [6.45, 7) is 4.87. The van der Waals surface area contributed by atoms with E-state index in [0.29, 0.717) is 38.7 Å². The summed E-state index contributed by atoms with van der Waals surface area (Å²) in [5, 5.41) is 2.68. The van der Waals surface area contributed by atoms with Crippen molar-refractivity contribution in [1.29, 1.82) is 0 Å². The highest BCUT2D eigenvalue weighted by atomic mass is 16.5. The summed E-state index contributed by atoms with van der Waals surface area (Å²) in [5.41, 5.74) is 6.89. The van der Waals surface area contributed by atoms with Crippen LogP contribution in [0.3, 0.4) is 0 Å². The third-order valence-corrected chi connectivity index (χ3v) is 5.52. The number of unbranched alkanes of at least 4 members (excludes halogenated alkanes) is 4. The van der Waals surface area contributed by atoms with Crippen molar-refractivity contribution in [2.24, 2.45) is 5.73 Å². The summed E-state index contributed by atoms with van der Waals surface area (Å²) in [6.07, 6.45) is 10.0. The Kier molecular flexibility index (Phi) is 15.7. The second-order valence-corrected chi connectivity index (χ2v) is 7.98. The Morgan fingerprint density at radius 3 is 2.42 bits per heavy atom. The van der Waals surface area contributed by atoms with Crippen molar-refractivity contribution in [2.75, 3.05) is 40.5 Å². The van der Waals surface area contributed by atoms with Crippen molar-refractivity contribution in [3.05, 3.63) is 23.8 Å². The minimum atomic E-state index is 0.134. The third kappa shape index (κ3) is 12.0. The number of ether oxygens (including phenoxy) is 3. The van der Waals surface area contributed by atoms with Gasteiger partial charge in [0.15, 0.2) is 11.5 Å². The molecule has 31 heavy (non-hydrogen) atoms. The molecule has 3 N–H and O–H groups in total. The van der Waals surface area contributed by atoms with Crippen LogP contribution in [0.4, 0.5) is 0 Å². The topological polar surface area (TPSA) is 82.8 Å². The van der Waals surface area contributed by atoms with E-state index >= 15 is 0 Å². The summed E-state index contributed by atoms with van der Waals surface area (Å²) in [4.78, 5) is 11.3. The van der Waals surface area contributed by atoms with E-state index in [2.05, 4.69) is 30.4 Å². The summed E-state index contributed by atoms with van der Waals surface area (Å²) >= 11 is 0. The van der Waals surface area contributed by atoms with E-state index in [1.54, 1.807) is 14.2 Å². The fraction of sp³-hybridized carbons (Fsp3) is 0.720. The van der Waals surface area contributed by atoms with Crippen LogP contribution in [-0.2, 0) is 9.53 Å². The van der Waals surface area contributed by atoms with Crippen molar-refractivity contribution in [1.82, 2.24) is 5.32 Å². The van der Waals surface area contributed by atoms with Crippen LogP contribution in [0.1, 0.15) is 82.6 Å². The van der Waals surface area contributed by atoms with E-state index in [0.717, 1.165) is 62.9 Å². The number of rotatable bonds is 19. The fourth-order valence-corrected chi connectivity index (χ4v) is 3.59. The van der Waals surface area contributed by atoms with Gasteiger partial charge in [-0.05, 0) is 62.3 Å². The molecule has 0 bridgehead atoms. The molecule has 0 saturated carbocycles. The number of benzene rings is 1. The van der Waals surface area contributed by atoms with Crippen molar-refractivity contribution in [3.63, 3.8) is 0 Å². The van der Waals surface area contributed by atoms with Gasteiger partial charge in [-0.3, -0.25) is 4.79 Å². The lowest BCUT2D eigenvalue weighted by Gasteiger charge is -2.19. The van der Waals surface area contributed by atoms with Crippen LogP contribution in [0, 0.1) is 0 Å². The maximum absolute atomic E-state index is 11.3. The highest BCUT2D eigenvalue weighted by Gasteiger charge is 2.14.